The Balaban J connectivity index is 1.29. The van der Waals surface area contributed by atoms with Crippen molar-refractivity contribution in [3.8, 4) is 5.75 Å². The second kappa shape index (κ2) is 8.97. The van der Waals surface area contributed by atoms with Crippen LogP contribution in [-0.4, -0.2) is 50.1 Å². The fraction of sp³-hybridized carbons (Fsp3) is 0.292. The lowest BCUT2D eigenvalue weighted by molar-refractivity contribution is -0.118. The van der Waals surface area contributed by atoms with Gasteiger partial charge in [-0.05, 0) is 53.7 Å². The van der Waals surface area contributed by atoms with Gasteiger partial charge in [0.05, 0.1) is 0 Å². The van der Waals surface area contributed by atoms with Crippen molar-refractivity contribution in [1.29, 1.82) is 0 Å². The summed E-state index contributed by atoms with van der Waals surface area (Å²) < 4.78 is 5.66. The van der Waals surface area contributed by atoms with Crippen molar-refractivity contribution < 1.29 is 9.53 Å². The molecule has 1 heterocycles. The number of piperazine rings is 1. The van der Waals surface area contributed by atoms with E-state index in [1.54, 1.807) is 0 Å². The van der Waals surface area contributed by atoms with Crippen molar-refractivity contribution in [1.82, 2.24) is 4.90 Å². The highest BCUT2D eigenvalue weighted by atomic mass is 16.5. The molecule has 5 nitrogen and oxygen atoms in total. The third-order valence-corrected chi connectivity index (χ3v) is 5.43. The fourth-order valence-electron chi connectivity index (χ4n) is 3.68. The molecule has 0 radical (unpaired) electrons. The molecule has 5 heteroatoms. The van der Waals surface area contributed by atoms with E-state index in [1.165, 1.54) is 5.69 Å². The van der Waals surface area contributed by atoms with Crippen LogP contribution in [0.5, 0.6) is 5.75 Å². The van der Waals surface area contributed by atoms with E-state index in [0.29, 0.717) is 5.75 Å². The number of rotatable bonds is 6. The number of nitrogens with zero attached hydrogens (tertiary/aromatic N) is 2. The lowest BCUT2D eigenvalue weighted by Gasteiger charge is -2.35. The summed E-state index contributed by atoms with van der Waals surface area (Å²) in [7, 11) is 0. The second-order valence-corrected chi connectivity index (χ2v) is 7.31. The Kier molecular flexibility index (Phi) is 5.96. The molecule has 150 valence electrons. The van der Waals surface area contributed by atoms with Crippen LogP contribution in [0.25, 0.3) is 10.8 Å². The minimum absolute atomic E-state index is 0.0148. The van der Waals surface area contributed by atoms with Gasteiger partial charge in [0.2, 0.25) is 0 Å². The molecule has 0 aromatic heterocycles. The smallest absolute Gasteiger partial charge is 0.262 e. The SMILES string of the molecule is CCN1CCN(c2ccc(NC(=O)COc3ccc4ccccc4c3)cc2)CC1. The Labute approximate surface area is 171 Å². The van der Waals surface area contributed by atoms with E-state index in [9.17, 15) is 4.79 Å². The Morgan fingerprint density at radius 2 is 1.66 bits per heavy atom. The van der Waals surface area contributed by atoms with Crippen LogP contribution >= 0.6 is 0 Å². The zero-order valence-corrected chi connectivity index (χ0v) is 16.8. The van der Waals surface area contributed by atoms with Gasteiger partial charge in [0.1, 0.15) is 5.75 Å². The first-order chi connectivity index (χ1) is 14.2. The summed E-state index contributed by atoms with van der Waals surface area (Å²) in [6, 6.07) is 22.0. The van der Waals surface area contributed by atoms with Crippen molar-refractivity contribution in [3.05, 3.63) is 66.7 Å². The van der Waals surface area contributed by atoms with Gasteiger partial charge in [0.15, 0.2) is 6.61 Å². The number of likely N-dealkylation sites (N-methyl/N-ethyl adjacent to an activating group) is 1. The molecule has 1 aliphatic rings. The van der Waals surface area contributed by atoms with Gasteiger partial charge in [0.25, 0.3) is 5.91 Å². The molecule has 29 heavy (non-hydrogen) atoms. The zero-order valence-electron chi connectivity index (χ0n) is 16.8. The van der Waals surface area contributed by atoms with Gasteiger partial charge in [-0.15, -0.1) is 0 Å². The molecule has 1 fully saturated rings. The van der Waals surface area contributed by atoms with Gasteiger partial charge in [-0.25, -0.2) is 0 Å². The Bertz CT molecular complexity index is 963. The first-order valence-corrected chi connectivity index (χ1v) is 10.2. The monoisotopic (exact) mass is 389 g/mol. The molecule has 3 aromatic rings. The number of anilines is 2. The summed E-state index contributed by atoms with van der Waals surface area (Å²) in [5.41, 5.74) is 1.99. The number of hydrogen-bond acceptors (Lipinski definition) is 4. The van der Waals surface area contributed by atoms with Gasteiger partial charge in [-0.3, -0.25) is 4.79 Å². The van der Waals surface area contributed by atoms with Gasteiger partial charge in [0, 0.05) is 37.6 Å². The van der Waals surface area contributed by atoms with E-state index in [2.05, 4.69) is 40.2 Å². The number of fused-ring (bicyclic) bond motifs is 1. The van der Waals surface area contributed by atoms with Crippen molar-refractivity contribution in [2.75, 3.05) is 49.5 Å². The molecule has 0 aliphatic carbocycles. The van der Waals surface area contributed by atoms with Crippen LogP contribution in [-0.2, 0) is 4.79 Å². The van der Waals surface area contributed by atoms with Crippen molar-refractivity contribution in [2.24, 2.45) is 0 Å². The molecule has 1 aliphatic heterocycles. The molecular formula is C24H27N3O2. The molecule has 0 atom stereocenters. The minimum atomic E-state index is -0.164. The van der Waals surface area contributed by atoms with E-state index in [0.717, 1.165) is 49.2 Å². The van der Waals surface area contributed by atoms with Crippen LogP contribution in [0.15, 0.2) is 66.7 Å². The minimum Gasteiger partial charge on any atom is -0.484 e. The Morgan fingerprint density at radius 3 is 2.38 bits per heavy atom. The van der Waals surface area contributed by atoms with Crippen molar-refractivity contribution in [3.63, 3.8) is 0 Å². The maximum Gasteiger partial charge on any atom is 0.262 e. The van der Waals surface area contributed by atoms with Crippen LogP contribution in [0.4, 0.5) is 11.4 Å². The maximum atomic E-state index is 12.3. The zero-order chi connectivity index (χ0) is 20.1. The predicted molar refractivity (Wildman–Crippen MR) is 119 cm³/mol. The van der Waals surface area contributed by atoms with Gasteiger partial charge >= 0.3 is 0 Å². The summed E-state index contributed by atoms with van der Waals surface area (Å²) in [5.74, 6) is 0.530. The molecule has 4 rings (SSSR count). The predicted octanol–water partition coefficient (Wildman–Crippen LogP) is 4.00. The van der Waals surface area contributed by atoms with Crippen LogP contribution < -0.4 is 15.0 Å². The van der Waals surface area contributed by atoms with Gasteiger partial charge in [-0.2, -0.15) is 0 Å². The van der Waals surface area contributed by atoms with Crippen LogP contribution in [0.1, 0.15) is 6.92 Å². The lowest BCUT2D eigenvalue weighted by Crippen LogP contribution is -2.46. The maximum absolute atomic E-state index is 12.3. The third-order valence-electron chi connectivity index (χ3n) is 5.43. The lowest BCUT2D eigenvalue weighted by atomic mass is 10.1. The normalized spacial score (nSPS) is 14.7. The van der Waals surface area contributed by atoms with E-state index >= 15 is 0 Å². The van der Waals surface area contributed by atoms with E-state index < -0.39 is 0 Å². The molecular weight excluding hydrogens is 362 g/mol. The molecule has 0 spiro atoms. The highest BCUT2D eigenvalue weighted by Crippen LogP contribution is 2.21. The molecule has 0 bridgehead atoms. The first kappa shape index (κ1) is 19.3. The average Bonchev–Trinajstić information content (AvgIpc) is 2.78. The average molecular weight is 389 g/mol. The number of hydrogen-bond donors (Lipinski definition) is 1. The van der Waals surface area contributed by atoms with Crippen LogP contribution in [0.3, 0.4) is 0 Å². The molecule has 0 saturated carbocycles. The summed E-state index contributed by atoms with van der Waals surface area (Å²) in [6.45, 7) is 7.58. The fourth-order valence-corrected chi connectivity index (χ4v) is 3.68. The quantitative estimate of drug-likeness (QED) is 0.692. The summed E-state index contributed by atoms with van der Waals surface area (Å²) >= 11 is 0. The van der Waals surface area contributed by atoms with E-state index in [-0.39, 0.29) is 12.5 Å². The first-order valence-electron chi connectivity index (χ1n) is 10.2. The third kappa shape index (κ3) is 4.87. The molecule has 0 unspecified atom stereocenters. The van der Waals surface area contributed by atoms with Crippen LogP contribution in [0, 0.1) is 0 Å². The highest BCUT2D eigenvalue weighted by Gasteiger charge is 2.15. The summed E-state index contributed by atoms with van der Waals surface area (Å²) in [4.78, 5) is 17.1. The molecule has 3 aromatic carbocycles. The number of carbonyl (C=O) groups excluding carboxylic acids is 1. The number of benzene rings is 3. The van der Waals surface area contributed by atoms with E-state index in [1.807, 2.05) is 48.5 Å². The van der Waals surface area contributed by atoms with Crippen molar-refractivity contribution >= 4 is 28.1 Å². The van der Waals surface area contributed by atoms with Crippen LogP contribution in [0.2, 0.25) is 0 Å². The topological polar surface area (TPSA) is 44.8 Å². The summed E-state index contributed by atoms with van der Waals surface area (Å²) in [5, 5.41) is 5.16. The number of carbonyl (C=O) groups is 1. The molecule has 1 saturated heterocycles. The van der Waals surface area contributed by atoms with E-state index in [4.69, 9.17) is 4.74 Å². The van der Waals surface area contributed by atoms with Gasteiger partial charge < -0.3 is 19.9 Å². The highest BCUT2D eigenvalue weighted by molar-refractivity contribution is 5.92. The number of nitrogens with one attached hydrogen (secondary N) is 1. The number of amides is 1. The summed E-state index contributed by atoms with van der Waals surface area (Å²) in [6.07, 6.45) is 0. The van der Waals surface area contributed by atoms with Crippen molar-refractivity contribution in [2.45, 2.75) is 6.92 Å². The standard InChI is InChI=1S/C24H27N3O2/c1-2-26-13-15-27(16-14-26)22-10-8-21(9-11-22)25-24(28)18-29-23-12-7-19-5-3-4-6-20(19)17-23/h3-12,17H,2,13-16,18H2,1H3,(H,25,28). The second-order valence-electron chi connectivity index (χ2n) is 7.31. The largest absolute Gasteiger partial charge is 0.484 e. The Hall–Kier alpha value is -3.05. The molecule has 1 N–H and O–H groups in total. The number of ether oxygens (including phenoxy) is 1. The molecule has 1 amide bonds. The Morgan fingerprint density at radius 1 is 0.931 bits per heavy atom. The van der Waals surface area contributed by atoms with Gasteiger partial charge in [-0.1, -0.05) is 37.3 Å².